The summed E-state index contributed by atoms with van der Waals surface area (Å²) >= 11 is 0. The molecular formula is C17H23NO3. The van der Waals surface area contributed by atoms with E-state index in [0.29, 0.717) is 6.54 Å². The smallest absolute Gasteiger partial charge is 0.311 e. The molecule has 0 spiro atoms. The second kappa shape index (κ2) is 5.34. The highest BCUT2D eigenvalue weighted by molar-refractivity contribution is 5.75. The average molecular weight is 289 g/mol. The Morgan fingerprint density at radius 1 is 1.48 bits per heavy atom. The Bertz CT molecular complexity index is 555. The normalized spacial score (nSPS) is 25.1. The minimum absolute atomic E-state index is 0.161. The second-order valence-corrected chi connectivity index (χ2v) is 6.62. The van der Waals surface area contributed by atoms with Gasteiger partial charge in [0.25, 0.3) is 0 Å². The highest BCUT2D eigenvalue weighted by atomic mass is 16.5. The Hall–Kier alpha value is -1.55. The number of carboxylic acids is 1. The van der Waals surface area contributed by atoms with Crippen LogP contribution in [0.2, 0.25) is 0 Å². The average Bonchev–Trinajstić information content (AvgIpc) is 3.05. The van der Waals surface area contributed by atoms with Crippen molar-refractivity contribution in [3.63, 3.8) is 0 Å². The van der Waals surface area contributed by atoms with Crippen LogP contribution in [0.25, 0.3) is 0 Å². The van der Waals surface area contributed by atoms with Gasteiger partial charge in [-0.3, -0.25) is 9.69 Å². The molecule has 1 unspecified atom stereocenters. The molecule has 2 aliphatic rings. The van der Waals surface area contributed by atoms with E-state index in [1.165, 1.54) is 11.1 Å². The van der Waals surface area contributed by atoms with E-state index in [2.05, 4.69) is 17.0 Å². The van der Waals surface area contributed by atoms with Gasteiger partial charge >= 0.3 is 5.97 Å². The number of likely N-dealkylation sites (tertiary alicyclic amines) is 1. The predicted molar refractivity (Wildman–Crippen MR) is 80.4 cm³/mol. The molecule has 1 aromatic carbocycles. The highest BCUT2D eigenvalue weighted by Gasteiger charge is 2.47. The molecule has 4 heteroatoms. The lowest BCUT2D eigenvalue weighted by Crippen LogP contribution is -2.39. The van der Waals surface area contributed by atoms with Gasteiger partial charge in [0.2, 0.25) is 0 Å². The van der Waals surface area contributed by atoms with Gasteiger partial charge in [-0.2, -0.15) is 0 Å². The van der Waals surface area contributed by atoms with E-state index in [1.54, 1.807) is 0 Å². The van der Waals surface area contributed by atoms with Crippen molar-refractivity contribution in [3.05, 3.63) is 29.3 Å². The molecule has 21 heavy (non-hydrogen) atoms. The highest BCUT2D eigenvalue weighted by Crippen LogP contribution is 2.39. The van der Waals surface area contributed by atoms with Gasteiger partial charge < -0.3 is 9.84 Å². The van der Waals surface area contributed by atoms with E-state index in [0.717, 1.165) is 38.3 Å². The SMILES string of the molecule is CC(C)C1(C(=O)O)CCN(Cc2ccc3c(c2)CCO3)C1. The molecule has 1 atom stereocenters. The van der Waals surface area contributed by atoms with E-state index in [4.69, 9.17) is 4.74 Å². The molecule has 0 radical (unpaired) electrons. The number of ether oxygens (including phenoxy) is 1. The van der Waals surface area contributed by atoms with Crippen LogP contribution in [0.1, 0.15) is 31.4 Å². The Kier molecular flexibility index (Phi) is 3.66. The van der Waals surface area contributed by atoms with Crippen molar-refractivity contribution in [1.29, 1.82) is 0 Å². The maximum absolute atomic E-state index is 11.7. The Labute approximate surface area is 125 Å². The van der Waals surface area contributed by atoms with Crippen molar-refractivity contribution < 1.29 is 14.6 Å². The summed E-state index contributed by atoms with van der Waals surface area (Å²) in [4.78, 5) is 13.9. The van der Waals surface area contributed by atoms with Gasteiger partial charge in [0.05, 0.1) is 12.0 Å². The van der Waals surface area contributed by atoms with Gasteiger partial charge in [0, 0.05) is 19.5 Å². The number of carboxylic acid groups (broad SMARTS) is 1. The first-order chi connectivity index (χ1) is 10.0. The third kappa shape index (κ3) is 2.53. The van der Waals surface area contributed by atoms with Gasteiger partial charge in [-0.1, -0.05) is 26.0 Å². The molecule has 1 saturated heterocycles. The number of aliphatic carboxylic acids is 1. The maximum atomic E-state index is 11.7. The number of fused-ring (bicyclic) bond motifs is 1. The van der Waals surface area contributed by atoms with Crippen molar-refractivity contribution in [2.75, 3.05) is 19.7 Å². The van der Waals surface area contributed by atoms with Gasteiger partial charge in [0.15, 0.2) is 0 Å². The second-order valence-electron chi connectivity index (χ2n) is 6.62. The van der Waals surface area contributed by atoms with Crippen LogP contribution < -0.4 is 4.74 Å². The summed E-state index contributed by atoms with van der Waals surface area (Å²) < 4.78 is 5.53. The molecule has 0 saturated carbocycles. The third-order valence-corrected chi connectivity index (χ3v) is 5.07. The van der Waals surface area contributed by atoms with Crippen molar-refractivity contribution >= 4 is 5.97 Å². The van der Waals surface area contributed by atoms with Crippen LogP contribution >= 0.6 is 0 Å². The van der Waals surface area contributed by atoms with Gasteiger partial charge in [-0.05, 0) is 36.1 Å². The molecule has 0 bridgehead atoms. The fourth-order valence-corrected chi connectivity index (χ4v) is 3.54. The Balaban J connectivity index is 1.71. The van der Waals surface area contributed by atoms with Gasteiger partial charge in [0.1, 0.15) is 5.75 Å². The molecule has 0 aromatic heterocycles. The van der Waals surface area contributed by atoms with Crippen LogP contribution in [0, 0.1) is 11.3 Å². The van der Waals surface area contributed by atoms with Gasteiger partial charge in [-0.15, -0.1) is 0 Å². The summed E-state index contributed by atoms with van der Waals surface area (Å²) in [6.07, 6.45) is 1.72. The number of benzene rings is 1. The zero-order valence-corrected chi connectivity index (χ0v) is 12.8. The molecule has 1 aromatic rings. The summed E-state index contributed by atoms with van der Waals surface area (Å²) in [6.45, 7) is 7.15. The van der Waals surface area contributed by atoms with Crippen LogP contribution in [-0.2, 0) is 17.8 Å². The first-order valence-corrected chi connectivity index (χ1v) is 7.71. The summed E-state index contributed by atoms with van der Waals surface area (Å²) in [6, 6.07) is 6.35. The van der Waals surface area contributed by atoms with E-state index in [-0.39, 0.29) is 5.92 Å². The number of hydrogen-bond acceptors (Lipinski definition) is 3. The Morgan fingerprint density at radius 3 is 2.95 bits per heavy atom. The van der Waals surface area contributed by atoms with Crippen molar-refractivity contribution in [2.45, 2.75) is 33.2 Å². The quantitative estimate of drug-likeness (QED) is 0.925. The van der Waals surface area contributed by atoms with Crippen molar-refractivity contribution in [2.24, 2.45) is 11.3 Å². The van der Waals surface area contributed by atoms with Crippen LogP contribution in [0.3, 0.4) is 0 Å². The zero-order chi connectivity index (χ0) is 15.0. The van der Waals surface area contributed by atoms with Crippen LogP contribution in [0.15, 0.2) is 18.2 Å². The molecular weight excluding hydrogens is 266 g/mol. The standard InChI is InChI=1S/C17H23NO3/c1-12(2)17(16(19)20)6-7-18(11-17)10-13-3-4-15-14(9-13)5-8-21-15/h3-4,9,12H,5-8,10-11H2,1-2H3,(H,19,20). The van der Waals surface area contributed by atoms with E-state index < -0.39 is 11.4 Å². The van der Waals surface area contributed by atoms with Crippen molar-refractivity contribution in [3.8, 4) is 5.75 Å². The molecule has 0 amide bonds. The zero-order valence-electron chi connectivity index (χ0n) is 12.8. The molecule has 4 nitrogen and oxygen atoms in total. The summed E-state index contributed by atoms with van der Waals surface area (Å²) in [5, 5.41) is 9.60. The van der Waals surface area contributed by atoms with Crippen LogP contribution in [0.5, 0.6) is 5.75 Å². The van der Waals surface area contributed by atoms with E-state index in [9.17, 15) is 9.90 Å². The first-order valence-electron chi connectivity index (χ1n) is 7.71. The molecule has 1 fully saturated rings. The predicted octanol–water partition coefficient (Wildman–Crippen LogP) is 2.55. The maximum Gasteiger partial charge on any atom is 0.311 e. The Morgan fingerprint density at radius 2 is 2.29 bits per heavy atom. The lowest BCUT2D eigenvalue weighted by Gasteiger charge is -2.28. The molecule has 1 N–H and O–H groups in total. The molecule has 2 heterocycles. The lowest BCUT2D eigenvalue weighted by molar-refractivity contribution is -0.151. The van der Waals surface area contributed by atoms with E-state index >= 15 is 0 Å². The number of hydrogen-bond donors (Lipinski definition) is 1. The largest absolute Gasteiger partial charge is 0.493 e. The van der Waals surface area contributed by atoms with Gasteiger partial charge in [-0.25, -0.2) is 0 Å². The summed E-state index contributed by atoms with van der Waals surface area (Å²) in [7, 11) is 0. The van der Waals surface area contributed by atoms with Crippen molar-refractivity contribution in [1.82, 2.24) is 4.90 Å². The number of rotatable bonds is 4. The lowest BCUT2D eigenvalue weighted by atomic mass is 9.76. The number of nitrogens with zero attached hydrogens (tertiary/aromatic N) is 1. The first kappa shape index (κ1) is 14.4. The number of carbonyl (C=O) groups is 1. The molecule has 0 aliphatic carbocycles. The van der Waals surface area contributed by atoms with Crippen LogP contribution in [0.4, 0.5) is 0 Å². The molecule has 2 aliphatic heterocycles. The van der Waals surface area contributed by atoms with Crippen LogP contribution in [-0.4, -0.2) is 35.7 Å². The fraction of sp³-hybridized carbons (Fsp3) is 0.588. The monoisotopic (exact) mass is 289 g/mol. The topological polar surface area (TPSA) is 49.8 Å². The molecule has 3 rings (SSSR count). The third-order valence-electron chi connectivity index (χ3n) is 5.07. The van der Waals surface area contributed by atoms with E-state index in [1.807, 2.05) is 19.9 Å². The molecule has 114 valence electrons. The minimum atomic E-state index is -0.651. The summed E-state index contributed by atoms with van der Waals surface area (Å²) in [5.41, 5.74) is 1.95. The minimum Gasteiger partial charge on any atom is -0.493 e. The fourth-order valence-electron chi connectivity index (χ4n) is 3.54. The summed E-state index contributed by atoms with van der Waals surface area (Å²) in [5.74, 6) is 0.512.